The maximum atomic E-state index is 4.38. The van der Waals surface area contributed by atoms with Crippen LogP contribution in [0.25, 0.3) is 5.32 Å². The van der Waals surface area contributed by atoms with Crippen molar-refractivity contribution in [2.45, 2.75) is 6.92 Å². The van der Waals surface area contributed by atoms with Gasteiger partial charge >= 0.3 is 51.4 Å². The number of hydrogen-bond donors (Lipinski definition) is 2. The van der Waals surface area contributed by atoms with Crippen LogP contribution in [0.15, 0.2) is 18.6 Å². The van der Waals surface area contributed by atoms with Gasteiger partial charge in [0.05, 0.1) is 11.9 Å². The third-order valence-corrected chi connectivity index (χ3v) is 2.58. The van der Waals surface area contributed by atoms with Crippen molar-refractivity contribution < 1.29 is 51.4 Å². The zero-order chi connectivity index (χ0) is 13.8. The molecule has 3 heterocycles. The molecule has 0 saturated carbocycles. The molecule has 0 spiro atoms. The van der Waals surface area contributed by atoms with Crippen molar-refractivity contribution in [1.29, 1.82) is 0 Å². The molecular weight excluding hydrogens is 293 g/mol. The van der Waals surface area contributed by atoms with Gasteiger partial charge in [-0.15, -0.1) is 0 Å². The molecule has 0 amide bonds. The monoisotopic (exact) mass is 305 g/mol. The van der Waals surface area contributed by atoms with Gasteiger partial charge < -0.3 is 20.9 Å². The van der Waals surface area contributed by atoms with E-state index in [0.717, 1.165) is 18.1 Å². The SMILES string of the molecule is CCNc1nc(C#Cc2cnccn2)nc2c1NC[N-]2.[K+]. The Bertz CT molecular complexity index is 678. The fraction of sp³-hybridized carbons (Fsp3) is 0.231. The molecule has 0 bridgehead atoms. The Morgan fingerprint density at radius 3 is 3.00 bits per heavy atom. The maximum absolute atomic E-state index is 4.38. The quantitative estimate of drug-likeness (QED) is 0.518. The first kappa shape index (κ1) is 16.1. The molecule has 0 radical (unpaired) electrons. The van der Waals surface area contributed by atoms with Crippen LogP contribution in [-0.2, 0) is 0 Å². The second-order valence-electron chi connectivity index (χ2n) is 3.96. The van der Waals surface area contributed by atoms with Gasteiger partial charge in [-0.2, -0.15) is 0 Å². The molecule has 3 rings (SSSR count). The minimum atomic E-state index is 0. The standard InChI is InChI=1S/C13H12N7.K/c1-2-15-12-11-13(18-8-17-11)20-10(19-12)4-3-9-7-14-5-6-16-9;/h5-7,17H,2,8H2,1H3,(H-,15,18,19,20);/q-1;+1. The van der Waals surface area contributed by atoms with E-state index in [0.29, 0.717) is 24.0 Å². The number of hydrogen-bond acceptors (Lipinski definition) is 6. The molecule has 0 aliphatic carbocycles. The molecule has 1 aliphatic heterocycles. The molecule has 0 atom stereocenters. The van der Waals surface area contributed by atoms with Gasteiger partial charge in [-0.3, -0.25) is 4.98 Å². The first-order valence-corrected chi connectivity index (χ1v) is 6.22. The normalized spacial score (nSPS) is 11.1. The van der Waals surface area contributed by atoms with Crippen LogP contribution in [0, 0.1) is 11.8 Å². The van der Waals surface area contributed by atoms with Crippen LogP contribution in [0.2, 0.25) is 0 Å². The number of nitrogens with one attached hydrogen (secondary N) is 2. The Kier molecular flexibility index (Phi) is 5.90. The van der Waals surface area contributed by atoms with Crippen LogP contribution < -0.4 is 62.0 Å². The van der Waals surface area contributed by atoms with Gasteiger partial charge in [-0.25, -0.2) is 9.97 Å². The Morgan fingerprint density at radius 1 is 1.33 bits per heavy atom. The van der Waals surface area contributed by atoms with E-state index in [1.807, 2.05) is 6.92 Å². The van der Waals surface area contributed by atoms with Gasteiger partial charge in [-0.1, -0.05) is 0 Å². The predicted molar refractivity (Wildman–Crippen MR) is 75.7 cm³/mol. The van der Waals surface area contributed by atoms with E-state index in [2.05, 4.69) is 47.7 Å². The zero-order valence-corrected chi connectivity index (χ0v) is 15.0. The number of rotatable bonds is 2. The van der Waals surface area contributed by atoms with Crippen molar-refractivity contribution >= 4 is 17.3 Å². The van der Waals surface area contributed by atoms with Crippen LogP contribution in [0.1, 0.15) is 18.4 Å². The van der Waals surface area contributed by atoms with E-state index in [4.69, 9.17) is 0 Å². The molecule has 2 aromatic heterocycles. The molecule has 0 saturated heterocycles. The van der Waals surface area contributed by atoms with Crippen molar-refractivity contribution in [3.63, 3.8) is 0 Å². The molecule has 0 unspecified atom stereocenters. The molecular formula is C13H12KN7. The van der Waals surface area contributed by atoms with E-state index in [1.165, 1.54) is 0 Å². The molecule has 0 aromatic carbocycles. The summed E-state index contributed by atoms with van der Waals surface area (Å²) in [5.41, 5.74) is 1.41. The first-order chi connectivity index (χ1) is 9.86. The van der Waals surface area contributed by atoms with E-state index < -0.39 is 0 Å². The van der Waals surface area contributed by atoms with Crippen molar-refractivity contribution in [2.24, 2.45) is 0 Å². The van der Waals surface area contributed by atoms with Gasteiger partial charge in [0.1, 0.15) is 17.3 Å². The summed E-state index contributed by atoms with van der Waals surface area (Å²) < 4.78 is 0. The summed E-state index contributed by atoms with van der Waals surface area (Å²) in [6, 6.07) is 0. The molecule has 100 valence electrons. The van der Waals surface area contributed by atoms with Crippen LogP contribution in [0.3, 0.4) is 0 Å². The molecule has 2 aromatic rings. The Hall–Kier alpha value is -1.24. The summed E-state index contributed by atoms with van der Waals surface area (Å²) in [6.45, 7) is 3.29. The molecule has 2 N–H and O–H groups in total. The van der Waals surface area contributed by atoms with E-state index >= 15 is 0 Å². The number of fused-ring (bicyclic) bond motifs is 1. The Labute approximate surface area is 165 Å². The number of anilines is 2. The summed E-state index contributed by atoms with van der Waals surface area (Å²) in [4.78, 5) is 16.7. The van der Waals surface area contributed by atoms with E-state index in [-0.39, 0.29) is 51.4 Å². The summed E-state index contributed by atoms with van der Waals surface area (Å²) in [6.07, 6.45) is 4.79. The molecule has 21 heavy (non-hydrogen) atoms. The van der Waals surface area contributed by atoms with Crippen molar-refractivity contribution in [3.8, 4) is 11.8 Å². The minimum absolute atomic E-state index is 0. The van der Waals surface area contributed by atoms with E-state index in [9.17, 15) is 0 Å². The summed E-state index contributed by atoms with van der Waals surface area (Å²) in [5, 5.41) is 10.6. The Balaban J connectivity index is 0.00000161. The van der Waals surface area contributed by atoms with Crippen molar-refractivity contribution in [1.82, 2.24) is 19.9 Å². The predicted octanol–water partition coefficient (Wildman–Crippen LogP) is -1.51. The summed E-state index contributed by atoms with van der Waals surface area (Å²) in [5.74, 6) is 7.55. The minimum Gasteiger partial charge on any atom is -0.445 e. The number of nitrogens with zero attached hydrogens (tertiary/aromatic N) is 5. The third kappa shape index (κ3) is 3.90. The number of aromatic nitrogens is 4. The molecule has 0 fully saturated rings. The summed E-state index contributed by atoms with van der Waals surface area (Å²) in [7, 11) is 0. The second-order valence-corrected chi connectivity index (χ2v) is 3.96. The topological polar surface area (TPSA) is 89.7 Å². The van der Waals surface area contributed by atoms with Gasteiger partial charge in [0.2, 0.25) is 0 Å². The largest absolute Gasteiger partial charge is 1.00 e. The van der Waals surface area contributed by atoms with Gasteiger partial charge in [-0.05, 0) is 24.6 Å². The van der Waals surface area contributed by atoms with Crippen LogP contribution >= 0.6 is 0 Å². The third-order valence-electron chi connectivity index (χ3n) is 2.58. The zero-order valence-electron chi connectivity index (χ0n) is 11.9. The van der Waals surface area contributed by atoms with Crippen LogP contribution in [0.4, 0.5) is 17.3 Å². The molecule has 7 nitrogen and oxygen atoms in total. The van der Waals surface area contributed by atoms with Crippen LogP contribution in [-0.4, -0.2) is 33.1 Å². The van der Waals surface area contributed by atoms with Gasteiger partial charge in [0.25, 0.3) is 0 Å². The summed E-state index contributed by atoms with van der Waals surface area (Å²) >= 11 is 0. The molecule has 1 aliphatic rings. The van der Waals surface area contributed by atoms with Crippen molar-refractivity contribution in [3.05, 3.63) is 35.4 Å². The van der Waals surface area contributed by atoms with Gasteiger partial charge in [0, 0.05) is 25.6 Å². The van der Waals surface area contributed by atoms with E-state index in [1.54, 1.807) is 18.6 Å². The maximum Gasteiger partial charge on any atom is 1.00 e. The smallest absolute Gasteiger partial charge is 0.445 e. The average molecular weight is 305 g/mol. The van der Waals surface area contributed by atoms with Gasteiger partial charge in [0.15, 0.2) is 0 Å². The fourth-order valence-corrected chi connectivity index (χ4v) is 1.75. The first-order valence-electron chi connectivity index (χ1n) is 6.22. The second kappa shape index (κ2) is 7.68. The van der Waals surface area contributed by atoms with Crippen molar-refractivity contribution in [2.75, 3.05) is 23.8 Å². The molecule has 8 heteroatoms. The van der Waals surface area contributed by atoms with Crippen LogP contribution in [0.5, 0.6) is 0 Å². The Morgan fingerprint density at radius 2 is 2.24 bits per heavy atom. The average Bonchev–Trinajstić information content (AvgIpc) is 2.95. The fourth-order valence-electron chi connectivity index (χ4n) is 1.75.